The second-order valence-corrected chi connectivity index (χ2v) is 2.61. The predicted molar refractivity (Wildman–Crippen MR) is 49.8 cm³/mol. The number of rotatable bonds is 4. The summed E-state index contributed by atoms with van der Waals surface area (Å²) in [6.07, 6.45) is 1.77. The number of carbonyl (C=O) groups excluding carboxylic acids is 1. The maximum Gasteiger partial charge on any atom is 0.272 e. The van der Waals surface area contributed by atoms with Crippen LogP contribution in [0, 0.1) is 10.1 Å². The summed E-state index contributed by atoms with van der Waals surface area (Å²) in [5, 5.41) is 10.6. The molecule has 0 aromatic heterocycles. The van der Waals surface area contributed by atoms with Gasteiger partial charge in [-0.15, -0.1) is 0 Å². The minimum Gasteiger partial charge on any atom is -0.258 e. The molecule has 0 heterocycles. The number of hydrogen-bond donors (Lipinski definition) is 0. The van der Waals surface area contributed by atoms with E-state index >= 15 is 0 Å². The highest BCUT2D eigenvalue weighted by Gasteiger charge is 2.10. The zero-order valence-electron chi connectivity index (χ0n) is 7.34. The minimum atomic E-state index is -0.444. The lowest BCUT2D eigenvalue weighted by atomic mass is 10.1. The lowest BCUT2D eigenvalue weighted by molar-refractivity contribution is -0.385. The number of isocyanates is 1. The Hall–Kier alpha value is -2.00. The number of aliphatic imine (C=N–C) groups is 1. The van der Waals surface area contributed by atoms with Gasteiger partial charge >= 0.3 is 0 Å². The minimum absolute atomic E-state index is 0.0635. The third-order valence-corrected chi connectivity index (χ3v) is 1.75. The van der Waals surface area contributed by atoms with Gasteiger partial charge in [0.1, 0.15) is 0 Å². The van der Waals surface area contributed by atoms with E-state index in [0.717, 1.165) is 0 Å². The Bertz CT molecular complexity index is 383. The van der Waals surface area contributed by atoms with Gasteiger partial charge in [0.05, 0.1) is 11.5 Å². The van der Waals surface area contributed by atoms with Crippen molar-refractivity contribution in [2.24, 2.45) is 4.99 Å². The van der Waals surface area contributed by atoms with Crippen molar-refractivity contribution in [2.75, 3.05) is 6.54 Å². The first-order valence-electron chi connectivity index (χ1n) is 4.01. The highest BCUT2D eigenvalue weighted by atomic mass is 16.6. The summed E-state index contributed by atoms with van der Waals surface area (Å²) < 4.78 is 0. The van der Waals surface area contributed by atoms with E-state index in [4.69, 9.17) is 0 Å². The summed E-state index contributed by atoms with van der Waals surface area (Å²) in [6.45, 7) is 0.231. The van der Waals surface area contributed by atoms with Gasteiger partial charge in [0.15, 0.2) is 0 Å². The van der Waals surface area contributed by atoms with E-state index in [0.29, 0.717) is 12.0 Å². The second kappa shape index (κ2) is 4.89. The summed E-state index contributed by atoms with van der Waals surface area (Å²) in [5.74, 6) is 0. The van der Waals surface area contributed by atoms with E-state index in [-0.39, 0.29) is 12.2 Å². The van der Waals surface area contributed by atoms with Gasteiger partial charge in [-0.2, -0.15) is 0 Å². The number of hydrogen-bond acceptors (Lipinski definition) is 4. The Kier molecular flexibility index (Phi) is 3.52. The van der Waals surface area contributed by atoms with Crippen molar-refractivity contribution in [3.8, 4) is 0 Å². The van der Waals surface area contributed by atoms with Crippen LogP contribution in [0.25, 0.3) is 0 Å². The molecule has 14 heavy (non-hydrogen) atoms. The summed E-state index contributed by atoms with van der Waals surface area (Å²) in [7, 11) is 0. The molecule has 0 bridgehead atoms. The molecular weight excluding hydrogens is 184 g/mol. The number of nitro benzene ring substituents is 1. The van der Waals surface area contributed by atoms with Gasteiger partial charge in [-0.25, -0.2) is 9.79 Å². The Morgan fingerprint density at radius 3 is 2.79 bits per heavy atom. The van der Waals surface area contributed by atoms with E-state index in [2.05, 4.69) is 4.99 Å². The van der Waals surface area contributed by atoms with Crippen LogP contribution in [0.3, 0.4) is 0 Å². The number of para-hydroxylation sites is 1. The maximum absolute atomic E-state index is 10.6. The van der Waals surface area contributed by atoms with Crippen LogP contribution in [0.1, 0.15) is 5.56 Å². The monoisotopic (exact) mass is 192 g/mol. The van der Waals surface area contributed by atoms with Crippen molar-refractivity contribution >= 4 is 11.8 Å². The van der Waals surface area contributed by atoms with Crippen LogP contribution in [0.5, 0.6) is 0 Å². The molecule has 0 atom stereocenters. The molecule has 0 spiro atoms. The molecule has 1 aromatic carbocycles. The van der Waals surface area contributed by atoms with Crippen molar-refractivity contribution < 1.29 is 9.72 Å². The number of benzene rings is 1. The van der Waals surface area contributed by atoms with Gasteiger partial charge < -0.3 is 0 Å². The highest BCUT2D eigenvalue weighted by molar-refractivity contribution is 5.40. The molecule has 0 aliphatic carbocycles. The molecule has 0 fully saturated rings. The fraction of sp³-hybridized carbons (Fsp3) is 0.222. The van der Waals surface area contributed by atoms with Crippen LogP contribution in [0.15, 0.2) is 29.3 Å². The van der Waals surface area contributed by atoms with Crippen molar-refractivity contribution in [3.63, 3.8) is 0 Å². The Balaban J connectivity index is 2.84. The summed E-state index contributed by atoms with van der Waals surface area (Å²) >= 11 is 0. The van der Waals surface area contributed by atoms with Gasteiger partial charge in [-0.1, -0.05) is 18.2 Å². The molecule has 0 N–H and O–H groups in total. The third-order valence-electron chi connectivity index (χ3n) is 1.75. The molecule has 1 rings (SSSR count). The van der Waals surface area contributed by atoms with Crippen LogP contribution in [0.4, 0.5) is 5.69 Å². The molecule has 72 valence electrons. The fourth-order valence-electron chi connectivity index (χ4n) is 1.12. The molecule has 0 radical (unpaired) electrons. The normalized spacial score (nSPS) is 9.14. The predicted octanol–water partition coefficient (Wildman–Crippen LogP) is 1.47. The van der Waals surface area contributed by atoms with Crippen molar-refractivity contribution in [1.82, 2.24) is 0 Å². The summed E-state index contributed by atoms with van der Waals surface area (Å²) in [5.41, 5.74) is 0.644. The van der Waals surface area contributed by atoms with Crippen LogP contribution in [0.2, 0.25) is 0 Å². The molecule has 0 unspecified atom stereocenters. The lowest BCUT2D eigenvalue weighted by Crippen LogP contribution is -1.96. The molecule has 0 saturated heterocycles. The quantitative estimate of drug-likeness (QED) is 0.314. The molecule has 1 aromatic rings. The first-order valence-corrected chi connectivity index (χ1v) is 4.01. The van der Waals surface area contributed by atoms with Crippen LogP contribution >= 0.6 is 0 Å². The molecular formula is C9H8N2O3. The topological polar surface area (TPSA) is 72.6 Å². The van der Waals surface area contributed by atoms with Crippen LogP contribution in [-0.2, 0) is 11.2 Å². The smallest absolute Gasteiger partial charge is 0.258 e. The molecule has 0 aliphatic rings. The fourth-order valence-corrected chi connectivity index (χ4v) is 1.12. The second-order valence-electron chi connectivity index (χ2n) is 2.61. The molecule has 5 heteroatoms. The molecule has 0 amide bonds. The van der Waals surface area contributed by atoms with E-state index in [1.54, 1.807) is 18.2 Å². The summed E-state index contributed by atoms with van der Waals surface area (Å²) in [4.78, 5) is 23.2. The third kappa shape index (κ3) is 2.50. The van der Waals surface area contributed by atoms with Gasteiger partial charge in [-0.05, 0) is 6.42 Å². The first-order chi connectivity index (χ1) is 6.75. The summed E-state index contributed by atoms with van der Waals surface area (Å²) in [6, 6.07) is 6.40. The zero-order valence-corrected chi connectivity index (χ0v) is 7.34. The number of nitro groups is 1. The Morgan fingerprint density at radius 2 is 2.14 bits per heavy atom. The largest absolute Gasteiger partial charge is 0.272 e. The maximum atomic E-state index is 10.6. The highest BCUT2D eigenvalue weighted by Crippen LogP contribution is 2.17. The molecule has 0 saturated carbocycles. The van der Waals surface area contributed by atoms with Gasteiger partial charge in [0.25, 0.3) is 5.69 Å². The van der Waals surface area contributed by atoms with Crippen LogP contribution < -0.4 is 0 Å². The average molecular weight is 192 g/mol. The van der Waals surface area contributed by atoms with Gasteiger partial charge in [-0.3, -0.25) is 10.1 Å². The zero-order chi connectivity index (χ0) is 10.4. The van der Waals surface area contributed by atoms with Crippen molar-refractivity contribution in [1.29, 1.82) is 0 Å². The molecule has 0 aliphatic heterocycles. The lowest BCUT2D eigenvalue weighted by Gasteiger charge is -1.98. The number of nitrogens with zero attached hydrogens (tertiary/aromatic N) is 2. The van der Waals surface area contributed by atoms with Crippen LogP contribution in [-0.4, -0.2) is 17.5 Å². The van der Waals surface area contributed by atoms with E-state index in [9.17, 15) is 14.9 Å². The molecule has 5 nitrogen and oxygen atoms in total. The van der Waals surface area contributed by atoms with E-state index in [1.807, 2.05) is 0 Å². The Labute approximate surface area is 80.2 Å². The van der Waals surface area contributed by atoms with Crippen molar-refractivity contribution in [2.45, 2.75) is 6.42 Å². The van der Waals surface area contributed by atoms with Crippen molar-refractivity contribution in [3.05, 3.63) is 39.9 Å². The SMILES string of the molecule is O=C=NCCc1ccccc1[N+](=O)[O-]. The Morgan fingerprint density at radius 1 is 1.43 bits per heavy atom. The average Bonchev–Trinajstić information content (AvgIpc) is 2.19. The first kappa shape index (κ1) is 10.1. The standard InChI is InChI=1S/C9H8N2O3/c12-7-10-6-5-8-3-1-2-4-9(8)11(13)14/h1-4H,5-6H2. The van der Waals surface area contributed by atoms with Gasteiger partial charge in [0, 0.05) is 11.6 Å². The van der Waals surface area contributed by atoms with E-state index in [1.165, 1.54) is 12.1 Å². The van der Waals surface area contributed by atoms with Gasteiger partial charge in [0.2, 0.25) is 6.08 Å². The van der Waals surface area contributed by atoms with E-state index < -0.39 is 4.92 Å².